The van der Waals surface area contributed by atoms with Crippen molar-refractivity contribution in [2.45, 2.75) is 29.4 Å². The molecular weight excluding hydrogens is 334 g/mol. The van der Waals surface area contributed by atoms with E-state index in [0.29, 0.717) is 17.9 Å². The quantitative estimate of drug-likeness (QED) is 0.838. The molecule has 1 spiro atoms. The van der Waals surface area contributed by atoms with E-state index in [4.69, 9.17) is 4.74 Å². The molecule has 0 aromatic heterocycles. The molecule has 5 nitrogen and oxygen atoms in total. The van der Waals surface area contributed by atoms with Crippen molar-refractivity contribution in [2.24, 2.45) is 11.8 Å². The molecule has 3 aliphatic heterocycles. The van der Waals surface area contributed by atoms with Crippen molar-refractivity contribution >= 4 is 23.5 Å². The average molecular weight is 362 g/mol. The van der Waals surface area contributed by atoms with Crippen LogP contribution in [-0.4, -0.2) is 67.5 Å². The fourth-order valence-electron chi connectivity index (χ4n) is 4.91. The molecule has 2 bridgehead atoms. The molecule has 3 fully saturated rings. The number of nitrogens with zero attached hydrogens (tertiary/aromatic N) is 2. The molecule has 1 aromatic rings. The van der Waals surface area contributed by atoms with Gasteiger partial charge >= 0.3 is 6.03 Å². The molecule has 6 heteroatoms. The molecule has 0 unspecified atom stereocenters. The van der Waals surface area contributed by atoms with Gasteiger partial charge in [0.2, 0.25) is 0 Å². The topological polar surface area (TPSA) is 44.8 Å². The van der Waals surface area contributed by atoms with Gasteiger partial charge in [0.15, 0.2) is 0 Å². The van der Waals surface area contributed by atoms with Gasteiger partial charge in [-0.15, -0.1) is 11.8 Å². The first kappa shape index (κ1) is 17.2. The van der Waals surface area contributed by atoms with Crippen molar-refractivity contribution in [3.63, 3.8) is 0 Å². The first-order valence-corrected chi connectivity index (χ1v) is 10.3. The van der Waals surface area contributed by atoms with Crippen LogP contribution >= 0.6 is 11.8 Å². The fraction of sp³-hybridized carbons (Fsp3) is 0.632. The number of thioether (sulfide) groups is 1. The lowest BCUT2D eigenvalue weighted by Gasteiger charge is -2.30. The Balaban J connectivity index is 1.45. The number of hydrogen-bond acceptors (Lipinski definition) is 4. The number of carbonyl (C=O) groups is 1. The van der Waals surface area contributed by atoms with E-state index < -0.39 is 0 Å². The van der Waals surface area contributed by atoms with Crippen LogP contribution in [0.1, 0.15) is 12.8 Å². The van der Waals surface area contributed by atoms with Crippen molar-refractivity contribution in [3.8, 4) is 0 Å². The molecule has 4 atom stereocenters. The van der Waals surface area contributed by atoms with Crippen molar-refractivity contribution in [1.29, 1.82) is 0 Å². The molecule has 3 aliphatic rings. The number of ether oxygens (including phenoxy) is 1. The summed E-state index contributed by atoms with van der Waals surface area (Å²) in [6.07, 6.45) is 4.66. The maximum absolute atomic E-state index is 12.8. The highest BCUT2D eigenvalue weighted by molar-refractivity contribution is 7.98. The van der Waals surface area contributed by atoms with Crippen LogP contribution in [0.15, 0.2) is 29.2 Å². The van der Waals surface area contributed by atoms with Gasteiger partial charge in [-0.05, 0) is 51.4 Å². The monoisotopic (exact) mass is 361 g/mol. The number of hydrogen-bond donors (Lipinski definition) is 1. The van der Waals surface area contributed by atoms with Crippen molar-refractivity contribution in [1.82, 2.24) is 9.80 Å². The Morgan fingerprint density at radius 1 is 1.48 bits per heavy atom. The Hall–Kier alpha value is -1.24. The van der Waals surface area contributed by atoms with Gasteiger partial charge in [0.1, 0.15) is 0 Å². The highest BCUT2D eigenvalue weighted by Crippen LogP contribution is 2.54. The number of nitrogens with one attached hydrogen (secondary N) is 1. The number of rotatable bonds is 4. The lowest BCUT2D eigenvalue weighted by molar-refractivity contribution is 0.00534. The van der Waals surface area contributed by atoms with Crippen LogP contribution in [0.3, 0.4) is 0 Å². The number of anilines is 1. The zero-order valence-corrected chi connectivity index (χ0v) is 16.0. The molecule has 3 heterocycles. The third kappa shape index (κ3) is 3.04. The van der Waals surface area contributed by atoms with Gasteiger partial charge in [0.25, 0.3) is 0 Å². The maximum atomic E-state index is 12.8. The van der Waals surface area contributed by atoms with Crippen LogP contribution in [0.4, 0.5) is 10.5 Å². The summed E-state index contributed by atoms with van der Waals surface area (Å²) in [5.41, 5.74) is 0.769. The predicted molar refractivity (Wildman–Crippen MR) is 101 cm³/mol. The summed E-state index contributed by atoms with van der Waals surface area (Å²) in [7, 11) is 4.24. The average Bonchev–Trinajstić information content (AvgIpc) is 3.24. The number of benzene rings is 1. The number of likely N-dealkylation sites (tertiary alicyclic amines) is 1. The molecule has 136 valence electrons. The summed E-state index contributed by atoms with van der Waals surface area (Å²) in [4.78, 5) is 18.2. The van der Waals surface area contributed by atoms with Crippen LogP contribution < -0.4 is 5.32 Å². The minimum atomic E-state index is -0.0935. The second-order valence-corrected chi connectivity index (χ2v) is 8.71. The number of carbonyl (C=O) groups excluding carboxylic acids is 1. The van der Waals surface area contributed by atoms with Crippen LogP contribution in [0.2, 0.25) is 0 Å². The van der Waals surface area contributed by atoms with Crippen LogP contribution in [-0.2, 0) is 4.74 Å². The highest BCUT2D eigenvalue weighted by atomic mass is 32.2. The van der Waals surface area contributed by atoms with Gasteiger partial charge in [-0.25, -0.2) is 4.79 Å². The summed E-state index contributed by atoms with van der Waals surface area (Å²) in [6, 6.07) is 8.00. The SMILES string of the molecule is CSc1cccc(NC(=O)N2C[C@@H]3[C@H](CN(C)C)[C@H]4CC[C@]3(C2)O4)c1. The van der Waals surface area contributed by atoms with E-state index in [-0.39, 0.29) is 11.6 Å². The lowest BCUT2D eigenvalue weighted by Crippen LogP contribution is -2.40. The normalized spacial score (nSPS) is 33.1. The third-order valence-corrected chi connectivity index (χ3v) is 6.69. The van der Waals surface area contributed by atoms with Gasteiger partial charge in [0, 0.05) is 35.5 Å². The molecule has 4 rings (SSSR count). The zero-order chi connectivity index (χ0) is 17.6. The number of urea groups is 1. The molecule has 1 aromatic carbocycles. The summed E-state index contributed by atoms with van der Waals surface area (Å²) < 4.78 is 6.41. The van der Waals surface area contributed by atoms with Crippen molar-refractivity contribution in [2.75, 3.05) is 45.3 Å². The molecule has 0 aliphatic carbocycles. The van der Waals surface area contributed by atoms with Gasteiger partial charge in [0.05, 0.1) is 18.2 Å². The highest BCUT2D eigenvalue weighted by Gasteiger charge is 2.63. The maximum Gasteiger partial charge on any atom is 0.321 e. The first-order chi connectivity index (χ1) is 12.0. The fourth-order valence-corrected chi connectivity index (χ4v) is 5.37. The Bertz CT molecular complexity index is 668. The second kappa shape index (κ2) is 6.49. The predicted octanol–water partition coefficient (Wildman–Crippen LogP) is 2.98. The van der Waals surface area contributed by atoms with Gasteiger partial charge < -0.3 is 19.9 Å². The zero-order valence-electron chi connectivity index (χ0n) is 15.2. The van der Waals surface area contributed by atoms with Crippen molar-refractivity contribution in [3.05, 3.63) is 24.3 Å². The number of fused-ring (bicyclic) bond motifs is 1. The minimum Gasteiger partial charge on any atom is -0.369 e. The van der Waals surface area contributed by atoms with E-state index in [0.717, 1.165) is 43.1 Å². The lowest BCUT2D eigenvalue weighted by atomic mass is 9.73. The van der Waals surface area contributed by atoms with E-state index in [1.54, 1.807) is 11.8 Å². The Morgan fingerprint density at radius 2 is 2.32 bits per heavy atom. The molecule has 3 saturated heterocycles. The standard InChI is InChI=1S/C19H27N3O2S/c1-21(2)10-15-16-11-22(12-19(16)8-7-17(15)24-19)18(23)20-13-5-4-6-14(9-13)25-3/h4-6,9,15-17H,7-8,10-12H2,1-3H3,(H,20,23)/t15-,16+,17+,19+/m0/s1. The minimum absolute atomic E-state index is 0.00215. The smallest absolute Gasteiger partial charge is 0.321 e. The van der Waals surface area contributed by atoms with Gasteiger partial charge in [-0.2, -0.15) is 0 Å². The summed E-state index contributed by atoms with van der Waals surface area (Å²) >= 11 is 1.68. The summed E-state index contributed by atoms with van der Waals surface area (Å²) in [5.74, 6) is 1.01. The van der Waals surface area contributed by atoms with Gasteiger partial charge in [-0.1, -0.05) is 6.07 Å². The molecule has 1 N–H and O–H groups in total. The van der Waals surface area contributed by atoms with E-state index in [9.17, 15) is 4.79 Å². The molecular formula is C19H27N3O2S. The molecule has 0 radical (unpaired) electrons. The van der Waals surface area contributed by atoms with Crippen LogP contribution in [0.25, 0.3) is 0 Å². The molecule has 25 heavy (non-hydrogen) atoms. The molecule has 2 amide bonds. The first-order valence-electron chi connectivity index (χ1n) is 9.03. The largest absolute Gasteiger partial charge is 0.369 e. The molecule has 0 saturated carbocycles. The van der Waals surface area contributed by atoms with Crippen LogP contribution in [0.5, 0.6) is 0 Å². The van der Waals surface area contributed by atoms with E-state index in [1.807, 2.05) is 29.4 Å². The van der Waals surface area contributed by atoms with E-state index in [2.05, 4.69) is 30.4 Å². The van der Waals surface area contributed by atoms with Gasteiger partial charge in [-0.3, -0.25) is 0 Å². The Kier molecular flexibility index (Phi) is 4.46. The van der Waals surface area contributed by atoms with Crippen LogP contribution in [0, 0.1) is 11.8 Å². The Labute approximate surface area is 154 Å². The number of amides is 2. The van der Waals surface area contributed by atoms with E-state index >= 15 is 0 Å². The second-order valence-electron chi connectivity index (χ2n) is 7.83. The summed E-state index contributed by atoms with van der Waals surface area (Å²) in [5, 5.41) is 3.07. The van der Waals surface area contributed by atoms with E-state index in [1.165, 1.54) is 0 Å². The van der Waals surface area contributed by atoms with Crippen molar-refractivity contribution < 1.29 is 9.53 Å². The third-order valence-electron chi connectivity index (χ3n) is 5.97. The Morgan fingerprint density at radius 3 is 3.08 bits per heavy atom. The summed E-state index contributed by atoms with van der Waals surface area (Å²) in [6.45, 7) is 2.58.